The summed E-state index contributed by atoms with van der Waals surface area (Å²) in [4.78, 5) is 24.6. The van der Waals surface area contributed by atoms with E-state index in [1.54, 1.807) is 79.7 Å². The lowest BCUT2D eigenvalue weighted by atomic mass is 10.1. The van der Waals surface area contributed by atoms with Crippen LogP contribution in [0.4, 0.5) is 28.6 Å². The van der Waals surface area contributed by atoms with Crippen LogP contribution in [0.15, 0.2) is 122 Å². The lowest BCUT2D eigenvalue weighted by Gasteiger charge is -2.10. The Bertz CT molecular complexity index is 2000. The number of aromatic nitrogens is 4. The van der Waals surface area contributed by atoms with Crippen molar-refractivity contribution in [2.24, 2.45) is 0 Å². The maximum Gasteiger partial charge on any atom is 0.255 e. The Balaban J connectivity index is 0.000000195. The number of nitrogens with one attached hydrogen (secondary N) is 3. The highest BCUT2D eigenvalue weighted by Crippen LogP contribution is 2.20. The zero-order chi connectivity index (χ0) is 35.3. The van der Waals surface area contributed by atoms with E-state index in [0.29, 0.717) is 59.6 Å². The van der Waals surface area contributed by atoms with Gasteiger partial charge in [0.05, 0.1) is 49.1 Å². The van der Waals surface area contributed by atoms with Gasteiger partial charge in [0, 0.05) is 36.6 Å². The van der Waals surface area contributed by atoms with E-state index in [1.807, 2.05) is 65.5 Å². The third-order valence-electron chi connectivity index (χ3n) is 7.47. The molecule has 0 radical (unpaired) electrons. The number of benzene rings is 4. The SMILES string of the molecule is COCNc1ccnn1Cc1ccc(C(=O)Nc2ccccc2N)cc1.COc1ccn(Cc2ccc(C(=O)Nc3ccccc3N)cc2)n1. The van der Waals surface area contributed by atoms with Gasteiger partial charge in [-0.15, -0.1) is 5.10 Å². The zero-order valence-corrected chi connectivity index (χ0v) is 27.7. The minimum absolute atomic E-state index is 0.194. The number of nitrogen functional groups attached to an aromatic ring is 2. The average Bonchev–Trinajstić information content (AvgIpc) is 3.79. The van der Waals surface area contributed by atoms with Gasteiger partial charge in [-0.2, -0.15) is 5.10 Å². The Hall–Kier alpha value is -6.60. The van der Waals surface area contributed by atoms with E-state index in [4.69, 9.17) is 20.9 Å². The molecule has 7 N–H and O–H groups in total. The molecule has 2 aromatic heterocycles. The molecule has 0 saturated carbocycles. The van der Waals surface area contributed by atoms with E-state index in [1.165, 1.54) is 0 Å². The first kappa shape index (κ1) is 34.7. The maximum atomic E-state index is 12.4. The van der Waals surface area contributed by atoms with Gasteiger partial charge in [0.15, 0.2) is 0 Å². The standard InChI is InChI=1S/C19H21N5O2.C18H18N4O2/c1-26-13-21-18-10-11-22-24(18)12-14-6-8-15(9-7-14)19(25)23-17-5-3-2-4-16(17)20;1-24-17-10-11-22(21-17)12-13-6-8-14(9-7-13)18(23)20-16-5-3-2-4-15(16)19/h2-11,21H,12-13,20H2,1H3,(H,23,25);2-11H,12,19H2,1H3,(H,20,23). The predicted octanol–water partition coefficient (Wildman–Crippen LogP) is 5.56. The first-order chi connectivity index (χ1) is 24.3. The quantitative estimate of drug-likeness (QED) is 0.0823. The van der Waals surface area contributed by atoms with Gasteiger partial charge in [-0.05, 0) is 59.7 Å². The molecule has 13 heteroatoms. The average molecular weight is 674 g/mol. The van der Waals surface area contributed by atoms with Gasteiger partial charge in [-0.3, -0.25) is 14.3 Å². The molecule has 0 fully saturated rings. The Morgan fingerprint density at radius 1 is 0.700 bits per heavy atom. The first-order valence-corrected chi connectivity index (χ1v) is 15.6. The minimum atomic E-state index is -0.198. The minimum Gasteiger partial charge on any atom is -0.480 e. The summed E-state index contributed by atoms with van der Waals surface area (Å²) in [6.07, 6.45) is 3.57. The molecule has 0 aliphatic heterocycles. The molecule has 0 saturated heterocycles. The summed E-state index contributed by atoms with van der Waals surface area (Å²) < 4.78 is 13.7. The molecule has 2 amide bonds. The van der Waals surface area contributed by atoms with Crippen LogP contribution in [0.25, 0.3) is 0 Å². The topological polar surface area (TPSA) is 176 Å². The number of rotatable bonds is 12. The lowest BCUT2D eigenvalue weighted by Crippen LogP contribution is -2.13. The van der Waals surface area contributed by atoms with Crippen molar-refractivity contribution in [1.82, 2.24) is 19.6 Å². The second-order valence-corrected chi connectivity index (χ2v) is 11.0. The number of nitrogens with two attached hydrogens (primary N) is 2. The highest BCUT2D eigenvalue weighted by atomic mass is 16.5. The van der Waals surface area contributed by atoms with Crippen molar-refractivity contribution in [3.05, 3.63) is 144 Å². The molecule has 0 bridgehead atoms. The Morgan fingerprint density at radius 2 is 1.24 bits per heavy atom. The van der Waals surface area contributed by atoms with E-state index in [0.717, 1.165) is 16.9 Å². The number of carbonyl (C=O) groups excluding carboxylic acids is 2. The second kappa shape index (κ2) is 17.0. The van der Waals surface area contributed by atoms with Crippen LogP contribution in [0.5, 0.6) is 5.88 Å². The normalized spacial score (nSPS) is 10.4. The van der Waals surface area contributed by atoms with Gasteiger partial charge in [0.2, 0.25) is 5.88 Å². The van der Waals surface area contributed by atoms with Crippen LogP contribution in [-0.4, -0.2) is 52.3 Å². The molecule has 0 spiro atoms. The fourth-order valence-corrected chi connectivity index (χ4v) is 4.79. The van der Waals surface area contributed by atoms with Crippen molar-refractivity contribution >= 4 is 40.4 Å². The third kappa shape index (κ3) is 9.49. The fraction of sp³-hybridized carbons (Fsp3) is 0.135. The van der Waals surface area contributed by atoms with Gasteiger partial charge in [-0.25, -0.2) is 4.68 Å². The first-order valence-electron chi connectivity index (χ1n) is 15.6. The van der Waals surface area contributed by atoms with E-state index in [9.17, 15) is 9.59 Å². The van der Waals surface area contributed by atoms with Crippen LogP contribution in [0, 0.1) is 0 Å². The van der Waals surface area contributed by atoms with Crippen LogP contribution >= 0.6 is 0 Å². The highest BCUT2D eigenvalue weighted by molar-refractivity contribution is 6.06. The third-order valence-corrected chi connectivity index (χ3v) is 7.47. The molecule has 0 unspecified atom stereocenters. The van der Waals surface area contributed by atoms with Crippen LogP contribution in [-0.2, 0) is 17.8 Å². The molecule has 4 aromatic carbocycles. The van der Waals surface area contributed by atoms with Gasteiger partial charge < -0.3 is 36.9 Å². The summed E-state index contributed by atoms with van der Waals surface area (Å²) in [5.41, 5.74) is 17.2. The fourth-order valence-electron chi connectivity index (χ4n) is 4.79. The molecule has 13 nitrogen and oxygen atoms in total. The molecule has 6 aromatic rings. The van der Waals surface area contributed by atoms with Crippen LogP contribution < -0.4 is 32.2 Å². The zero-order valence-electron chi connectivity index (χ0n) is 27.7. The summed E-state index contributed by atoms with van der Waals surface area (Å²) in [6, 6.07) is 32.8. The lowest BCUT2D eigenvalue weighted by molar-refractivity contribution is 0.101. The monoisotopic (exact) mass is 673 g/mol. The molecule has 50 heavy (non-hydrogen) atoms. The summed E-state index contributed by atoms with van der Waals surface area (Å²) in [5.74, 6) is 1.05. The van der Waals surface area contributed by atoms with E-state index in [-0.39, 0.29) is 11.8 Å². The number of carbonyl (C=O) groups is 2. The molecule has 0 atom stereocenters. The molecule has 0 aliphatic rings. The number of anilines is 5. The van der Waals surface area contributed by atoms with Crippen LogP contribution in [0.3, 0.4) is 0 Å². The van der Waals surface area contributed by atoms with Crippen molar-refractivity contribution in [2.45, 2.75) is 13.1 Å². The Labute approximate surface area is 289 Å². The predicted molar refractivity (Wildman–Crippen MR) is 195 cm³/mol. The van der Waals surface area contributed by atoms with Gasteiger partial charge in [0.1, 0.15) is 12.5 Å². The maximum absolute atomic E-state index is 12.4. The highest BCUT2D eigenvalue weighted by Gasteiger charge is 2.10. The van der Waals surface area contributed by atoms with E-state index in [2.05, 4.69) is 26.1 Å². The van der Waals surface area contributed by atoms with Gasteiger partial charge >= 0.3 is 0 Å². The summed E-state index contributed by atoms with van der Waals surface area (Å²) >= 11 is 0. The smallest absolute Gasteiger partial charge is 0.255 e. The number of para-hydroxylation sites is 4. The molecular formula is C37H39N9O4. The molecule has 0 aliphatic carbocycles. The van der Waals surface area contributed by atoms with Gasteiger partial charge in [-0.1, -0.05) is 48.5 Å². The molecule has 6 rings (SSSR count). The van der Waals surface area contributed by atoms with Crippen molar-refractivity contribution in [1.29, 1.82) is 0 Å². The van der Waals surface area contributed by atoms with Crippen LogP contribution in [0.2, 0.25) is 0 Å². The number of amides is 2. The van der Waals surface area contributed by atoms with Gasteiger partial charge in [0.25, 0.3) is 11.8 Å². The van der Waals surface area contributed by atoms with Crippen molar-refractivity contribution in [3.8, 4) is 5.88 Å². The van der Waals surface area contributed by atoms with E-state index >= 15 is 0 Å². The molecule has 2 heterocycles. The number of hydrogen-bond donors (Lipinski definition) is 5. The van der Waals surface area contributed by atoms with Crippen LogP contribution in [0.1, 0.15) is 31.8 Å². The van der Waals surface area contributed by atoms with E-state index < -0.39 is 0 Å². The van der Waals surface area contributed by atoms with Crippen molar-refractivity contribution in [3.63, 3.8) is 0 Å². The number of methoxy groups -OCH3 is 2. The number of hydrogen-bond acceptors (Lipinski definition) is 9. The number of nitrogens with zero attached hydrogens (tertiary/aromatic N) is 4. The largest absolute Gasteiger partial charge is 0.480 e. The number of ether oxygens (including phenoxy) is 2. The Kier molecular flexibility index (Phi) is 11.8. The second-order valence-electron chi connectivity index (χ2n) is 11.0. The molecular weight excluding hydrogens is 634 g/mol. The van der Waals surface area contributed by atoms with Crippen molar-refractivity contribution in [2.75, 3.05) is 48.4 Å². The summed E-state index contributed by atoms with van der Waals surface area (Å²) in [7, 11) is 3.21. The molecule has 256 valence electrons. The van der Waals surface area contributed by atoms with Crippen molar-refractivity contribution < 1.29 is 19.1 Å². The Morgan fingerprint density at radius 3 is 1.74 bits per heavy atom. The summed E-state index contributed by atoms with van der Waals surface area (Å²) in [6.45, 7) is 1.61. The summed E-state index contributed by atoms with van der Waals surface area (Å²) in [5, 5.41) is 17.3.